The van der Waals surface area contributed by atoms with Crippen molar-refractivity contribution in [3.05, 3.63) is 72.1 Å². The van der Waals surface area contributed by atoms with E-state index in [0.717, 1.165) is 0 Å². The van der Waals surface area contributed by atoms with Gasteiger partial charge in [-0.1, -0.05) is 36.9 Å². The van der Waals surface area contributed by atoms with Gasteiger partial charge in [0.25, 0.3) is 0 Å². The van der Waals surface area contributed by atoms with Crippen molar-refractivity contribution in [1.29, 1.82) is 0 Å². The molecule has 0 aliphatic carbocycles. The number of rotatable bonds is 4. The SMILES string of the molecule is C=C1C=CC(C(=O)c2ccccc2)=CN1CC(N)=O. The summed E-state index contributed by atoms with van der Waals surface area (Å²) in [7, 11) is 0. The van der Waals surface area contributed by atoms with Crippen LogP contribution >= 0.6 is 0 Å². The van der Waals surface area contributed by atoms with Crippen LogP contribution in [0.3, 0.4) is 0 Å². The summed E-state index contributed by atoms with van der Waals surface area (Å²) in [5, 5.41) is 0. The number of primary amides is 1. The predicted octanol–water partition coefficient (Wildman–Crippen LogP) is 1.62. The van der Waals surface area contributed by atoms with Crippen LogP contribution in [0.25, 0.3) is 0 Å². The van der Waals surface area contributed by atoms with Crippen molar-refractivity contribution < 1.29 is 9.59 Å². The van der Waals surface area contributed by atoms with E-state index in [1.165, 1.54) is 0 Å². The van der Waals surface area contributed by atoms with Crippen LogP contribution in [0.4, 0.5) is 0 Å². The minimum atomic E-state index is -0.473. The minimum absolute atomic E-state index is 0.00867. The van der Waals surface area contributed by atoms with Gasteiger partial charge in [0.1, 0.15) is 6.54 Å². The Balaban J connectivity index is 2.25. The van der Waals surface area contributed by atoms with E-state index >= 15 is 0 Å². The van der Waals surface area contributed by atoms with E-state index in [9.17, 15) is 9.59 Å². The number of amides is 1. The van der Waals surface area contributed by atoms with Gasteiger partial charge < -0.3 is 10.6 Å². The quantitative estimate of drug-likeness (QED) is 0.830. The molecule has 1 aromatic rings. The van der Waals surface area contributed by atoms with Crippen LogP contribution < -0.4 is 5.73 Å². The zero-order valence-electron chi connectivity index (χ0n) is 10.4. The summed E-state index contributed by atoms with van der Waals surface area (Å²) in [4.78, 5) is 24.8. The second-order valence-electron chi connectivity index (χ2n) is 4.20. The molecule has 0 atom stereocenters. The van der Waals surface area contributed by atoms with Crippen LogP contribution in [0, 0.1) is 0 Å². The lowest BCUT2D eigenvalue weighted by Crippen LogP contribution is -2.30. The van der Waals surface area contributed by atoms with Gasteiger partial charge in [0.05, 0.1) is 0 Å². The maximum Gasteiger partial charge on any atom is 0.237 e. The highest BCUT2D eigenvalue weighted by molar-refractivity contribution is 6.10. The van der Waals surface area contributed by atoms with E-state index < -0.39 is 5.91 Å². The van der Waals surface area contributed by atoms with Gasteiger partial charge in [-0.2, -0.15) is 0 Å². The van der Waals surface area contributed by atoms with Crippen molar-refractivity contribution >= 4 is 11.7 Å². The van der Waals surface area contributed by atoms with Crippen LogP contribution in [0.5, 0.6) is 0 Å². The van der Waals surface area contributed by atoms with Crippen LogP contribution in [0.1, 0.15) is 10.4 Å². The molecule has 1 aromatic carbocycles. The lowest BCUT2D eigenvalue weighted by molar-refractivity contribution is -0.118. The van der Waals surface area contributed by atoms with Gasteiger partial charge in [-0.05, 0) is 12.2 Å². The highest BCUT2D eigenvalue weighted by atomic mass is 16.1. The number of carbonyl (C=O) groups excluding carboxylic acids is 2. The molecule has 96 valence electrons. The monoisotopic (exact) mass is 254 g/mol. The smallest absolute Gasteiger partial charge is 0.237 e. The number of ketones is 1. The summed E-state index contributed by atoms with van der Waals surface area (Å²) >= 11 is 0. The van der Waals surface area contributed by atoms with Gasteiger partial charge in [-0.15, -0.1) is 0 Å². The Morgan fingerprint density at radius 1 is 1.16 bits per heavy atom. The number of hydrogen-bond donors (Lipinski definition) is 1. The first-order valence-electron chi connectivity index (χ1n) is 5.81. The van der Waals surface area contributed by atoms with Gasteiger partial charge in [0.2, 0.25) is 5.91 Å². The van der Waals surface area contributed by atoms with E-state index in [-0.39, 0.29) is 12.3 Å². The molecule has 0 aromatic heterocycles. The van der Waals surface area contributed by atoms with Crippen molar-refractivity contribution in [2.24, 2.45) is 5.73 Å². The molecule has 0 saturated heterocycles. The average molecular weight is 254 g/mol. The van der Waals surface area contributed by atoms with Gasteiger partial charge in [0.15, 0.2) is 5.78 Å². The van der Waals surface area contributed by atoms with Crippen LogP contribution in [-0.4, -0.2) is 23.1 Å². The molecule has 0 bridgehead atoms. The third-order valence-electron chi connectivity index (χ3n) is 2.74. The largest absolute Gasteiger partial charge is 0.368 e. The molecule has 1 heterocycles. The number of nitrogens with zero attached hydrogens (tertiary/aromatic N) is 1. The van der Waals surface area contributed by atoms with Crippen molar-refractivity contribution in [3.8, 4) is 0 Å². The van der Waals surface area contributed by atoms with Crippen LogP contribution in [-0.2, 0) is 4.79 Å². The Labute approximate surface area is 111 Å². The number of Topliss-reactive ketones (excluding diaryl/α,β-unsaturated/α-hetero) is 1. The van der Waals surface area contributed by atoms with Gasteiger partial charge in [-0.3, -0.25) is 9.59 Å². The zero-order chi connectivity index (χ0) is 13.8. The Morgan fingerprint density at radius 3 is 2.47 bits per heavy atom. The molecular weight excluding hydrogens is 240 g/mol. The van der Waals surface area contributed by atoms with E-state index in [4.69, 9.17) is 5.73 Å². The van der Waals surface area contributed by atoms with E-state index in [2.05, 4.69) is 6.58 Å². The first-order valence-corrected chi connectivity index (χ1v) is 5.81. The molecule has 2 rings (SSSR count). The molecule has 4 heteroatoms. The summed E-state index contributed by atoms with van der Waals surface area (Å²) in [6.45, 7) is 3.80. The summed E-state index contributed by atoms with van der Waals surface area (Å²) in [5.74, 6) is -0.571. The first kappa shape index (κ1) is 12.8. The second-order valence-corrected chi connectivity index (χ2v) is 4.20. The molecule has 1 aliphatic rings. The van der Waals surface area contributed by atoms with Crippen molar-refractivity contribution in [3.63, 3.8) is 0 Å². The van der Waals surface area contributed by atoms with Crippen LogP contribution in [0.15, 0.2) is 66.5 Å². The molecule has 2 N–H and O–H groups in total. The fourth-order valence-electron chi connectivity index (χ4n) is 1.78. The van der Waals surface area contributed by atoms with Gasteiger partial charge in [-0.25, -0.2) is 0 Å². The molecule has 1 aliphatic heterocycles. The van der Waals surface area contributed by atoms with Crippen molar-refractivity contribution in [1.82, 2.24) is 4.90 Å². The Kier molecular flexibility index (Phi) is 3.61. The highest BCUT2D eigenvalue weighted by Crippen LogP contribution is 2.18. The fourth-order valence-corrected chi connectivity index (χ4v) is 1.78. The third kappa shape index (κ3) is 2.98. The number of nitrogens with two attached hydrogens (primary N) is 1. The van der Waals surface area contributed by atoms with Crippen LogP contribution in [0.2, 0.25) is 0 Å². The molecule has 0 saturated carbocycles. The molecule has 0 fully saturated rings. The molecule has 0 spiro atoms. The molecule has 0 radical (unpaired) electrons. The highest BCUT2D eigenvalue weighted by Gasteiger charge is 2.16. The lowest BCUT2D eigenvalue weighted by atomic mass is 10.0. The number of benzene rings is 1. The predicted molar refractivity (Wildman–Crippen MR) is 73.0 cm³/mol. The molecule has 19 heavy (non-hydrogen) atoms. The van der Waals surface area contributed by atoms with E-state index in [0.29, 0.717) is 16.8 Å². The van der Waals surface area contributed by atoms with E-state index in [1.54, 1.807) is 47.5 Å². The van der Waals surface area contributed by atoms with Gasteiger partial charge >= 0.3 is 0 Å². The second kappa shape index (κ2) is 5.35. The third-order valence-corrected chi connectivity index (χ3v) is 2.74. The van der Waals surface area contributed by atoms with Crippen molar-refractivity contribution in [2.75, 3.05) is 6.54 Å². The number of carbonyl (C=O) groups is 2. The molecule has 1 amide bonds. The Hall–Kier alpha value is -2.62. The van der Waals surface area contributed by atoms with Crippen molar-refractivity contribution in [2.45, 2.75) is 0 Å². The zero-order valence-corrected chi connectivity index (χ0v) is 10.4. The molecule has 4 nitrogen and oxygen atoms in total. The Bertz CT molecular complexity index is 585. The minimum Gasteiger partial charge on any atom is -0.368 e. The summed E-state index contributed by atoms with van der Waals surface area (Å²) in [5.41, 5.74) is 6.89. The lowest BCUT2D eigenvalue weighted by Gasteiger charge is -2.23. The summed E-state index contributed by atoms with van der Waals surface area (Å²) in [6.07, 6.45) is 4.98. The topological polar surface area (TPSA) is 63.4 Å². The maximum atomic E-state index is 12.2. The number of allylic oxidation sites excluding steroid dienone is 3. The maximum absolute atomic E-state index is 12.2. The Morgan fingerprint density at radius 2 is 1.84 bits per heavy atom. The average Bonchev–Trinajstić information content (AvgIpc) is 2.41. The first-order chi connectivity index (χ1) is 9.08. The number of hydrogen-bond acceptors (Lipinski definition) is 3. The summed E-state index contributed by atoms with van der Waals surface area (Å²) in [6, 6.07) is 8.96. The standard InChI is InChI=1S/C15H14N2O2/c1-11-7-8-13(9-17(11)10-14(16)18)15(19)12-5-3-2-4-6-12/h2-9H,1,10H2,(H2,16,18). The van der Waals surface area contributed by atoms with E-state index in [1.807, 2.05) is 6.07 Å². The normalized spacial score (nSPS) is 14.2. The summed E-state index contributed by atoms with van der Waals surface area (Å²) < 4.78 is 0. The molecular formula is C15H14N2O2. The van der Waals surface area contributed by atoms with Gasteiger partial charge in [0, 0.05) is 23.0 Å². The molecule has 0 unspecified atom stereocenters. The fraction of sp³-hybridized carbons (Fsp3) is 0.0667.